The Morgan fingerprint density at radius 1 is 1.62 bits per heavy atom. The van der Waals surface area contributed by atoms with Crippen molar-refractivity contribution in [3.05, 3.63) is 34.7 Å². The first-order valence-electron chi connectivity index (χ1n) is 3.82. The van der Waals surface area contributed by atoms with E-state index in [1.165, 1.54) is 11.3 Å². The van der Waals surface area contributed by atoms with Crippen LogP contribution in [0.25, 0.3) is 10.1 Å². The number of carboxylic acid groups (broad SMARTS) is 1. The molecule has 65 valence electrons. The van der Waals surface area contributed by atoms with E-state index in [0.717, 1.165) is 15.6 Å². The molecule has 2 rings (SSSR count). The number of thiophene rings is 1. The maximum atomic E-state index is 10.8. The monoisotopic (exact) mass is 191 g/mol. The number of hydrogen-bond acceptors (Lipinski definition) is 2. The van der Waals surface area contributed by atoms with Gasteiger partial charge in [-0.3, -0.25) is 0 Å². The number of rotatable bonds is 1. The Hall–Kier alpha value is -1.35. The topological polar surface area (TPSA) is 37.3 Å². The third-order valence-corrected chi connectivity index (χ3v) is 3.24. The average Bonchev–Trinajstić information content (AvgIpc) is 2.45. The van der Waals surface area contributed by atoms with E-state index < -0.39 is 5.97 Å². The fraction of sp³-hybridized carbons (Fsp3) is 0.100. The molecule has 0 spiro atoms. The highest BCUT2D eigenvalue weighted by Gasteiger charge is 2.12. The Kier molecular flexibility index (Phi) is 1.81. The lowest BCUT2D eigenvalue weighted by atomic mass is 10.1. The third kappa shape index (κ3) is 1.21. The van der Waals surface area contributed by atoms with E-state index in [0.29, 0.717) is 4.88 Å². The van der Waals surface area contributed by atoms with Crippen molar-refractivity contribution in [2.75, 3.05) is 0 Å². The lowest BCUT2D eigenvalue weighted by Gasteiger charge is -1.89. The first-order valence-corrected chi connectivity index (χ1v) is 4.64. The first kappa shape index (κ1) is 8.26. The normalized spacial score (nSPS) is 10.5. The van der Waals surface area contributed by atoms with Gasteiger partial charge in [0.25, 0.3) is 0 Å². The molecule has 0 fully saturated rings. The number of aryl methyl sites for hydroxylation is 1. The van der Waals surface area contributed by atoms with Gasteiger partial charge in [-0.25, -0.2) is 4.79 Å². The molecule has 1 aromatic heterocycles. The number of carbonyl (C=O) groups is 1. The summed E-state index contributed by atoms with van der Waals surface area (Å²) in [5, 5.41) is 9.86. The quantitative estimate of drug-likeness (QED) is 0.752. The Labute approximate surface area is 79.4 Å². The number of aromatic carboxylic acids is 1. The van der Waals surface area contributed by atoms with Crippen LogP contribution in [0.2, 0.25) is 0 Å². The lowest BCUT2D eigenvalue weighted by molar-refractivity contribution is 0.0701. The van der Waals surface area contributed by atoms with Crippen molar-refractivity contribution in [3.8, 4) is 0 Å². The Bertz CT molecular complexity index is 471. The molecule has 0 atom stereocenters. The molecule has 0 aliphatic rings. The van der Waals surface area contributed by atoms with Gasteiger partial charge in [0.05, 0.1) is 0 Å². The second-order valence-electron chi connectivity index (χ2n) is 2.78. The summed E-state index contributed by atoms with van der Waals surface area (Å²) in [6.07, 6.45) is 0. The minimum Gasteiger partial charge on any atom is -0.477 e. The Morgan fingerprint density at radius 3 is 3.00 bits per heavy atom. The number of fused-ring (bicyclic) bond motifs is 1. The van der Waals surface area contributed by atoms with Gasteiger partial charge in [0.15, 0.2) is 0 Å². The molecule has 13 heavy (non-hydrogen) atoms. The van der Waals surface area contributed by atoms with Crippen LogP contribution in [-0.4, -0.2) is 11.1 Å². The summed E-state index contributed by atoms with van der Waals surface area (Å²) in [5.74, 6) is -0.848. The van der Waals surface area contributed by atoms with Crippen LogP contribution < -0.4 is 0 Å². The van der Waals surface area contributed by atoms with Crippen molar-refractivity contribution in [1.29, 1.82) is 0 Å². The predicted octanol–water partition coefficient (Wildman–Crippen LogP) is 2.71. The molecule has 3 heteroatoms. The zero-order chi connectivity index (χ0) is 9.42. The van der Waals surface area contributed by atoms with Crippen LogP contribution in [-0.2, 0) is 0 Å². The summed E-state index contributed by atoms with van der Waals surface area (Å²) in [6, 6.07) is 8.45. The molecule has 0 bridgehead atoms. The fourth-order valence-corrected chi connectivity index (χ4v) is 2.34. The summed E-state index contributed by atoms with van der Waals surface area (Å²) >= 11 is 1.31. The number of hydrogen-bond donors (Lipinski definition) is 1. The summed E-state index contributed by atoms with van der Waals surface area (Å²) in [4.78, 5) is 11.2. The molecule has 1 aromatic carbocycles. The molecule has 1 radical (unpaired) electrons. The minimum atomic E-state index is -0.848. The predicted molar refractivity (Wildman–Crippen MR) is 52.4 cm³/mol. The van der Waals surface area contributed by atoms with Crippen LogP contribution in [0, 0.1) is 13.0 Å². The number of carboxylic acids is 1. The van der Waals surface area contributed by atoms with Crippen molar-refractivity contribution in [1.82, 2.24) is 0 Å². The van der Waals surface area contributed by atoms with Crippen molar-refractivity contribution >= 4 is 27.4 Å². The van der Waals surface area contributed by atoms with Crippen LogP contribution in [0.3, 0.4) is 0 Å². The molecular formula is C10H7O2S. The maximum absolute atomic E-state index is 10.8. The van der Waals surface area contributed by atoms with Crippen molar-refractivity contribution in [2.45, 2.75) is 6.92 Å². The lowest BCUT2D eigenvalue weighted by Crippen LogP contribution is -1.93. The highest BCUT2D eigenvalue weighted by molar-refractivity contribution is 7.21. The van der Waals surface area contributed by atoms with Gasteiger partial charge in [0, 0.05) is 4.70 Å². The van der Waals surface area contributed by atoms with Crippen molar-refractivity contribution in [3.63, 3.8) is 0 Å². The highest BCUT2D eigenvalue weighted by Crippen LogP contribution is 2.29. The van der Waals surface area contributed by atoms with Crippen molar-refractivity contribution < 1.29 is 9.90 Å². The van der Waals surface area contributed by atoms with Crippen LogP contribution in [0.15, 0.2) is 18.2 Å². The van der Waals surface area contributed by atoms with Crippen LogP contribution in [0.1, 0.15) is 15.2 Å². The molecule has 0 unspecified atom stereocenters. The van der Waals surface area contributed by atoms with Gasteiger partial charge in [-0.05, 0) is 36.1 Å². The van der Waals surface area contributed by atoms with E-state index in [-0.39, 0.29) is 0 Å². The summed E-state index contributed by atoms with van der Waals surface area (Å²) in [6.45, 7) is 1.83. The van der Waals surface area contributed by atoms with E-state index >= 15 is 0 Å². The second kappa shape index (κ2) is 2.85. The van der Waals surface area contributed by atoms with Gasteiger partial charge in [0.1, 0.15) is 4.88 Å². The average molecular weight is 191 g/mol. The highest BCUT2D eigenvalue weighted by atomic mass is 32.1. The van der Waals surface area contributed by atoms with Gasteiger partial charge in [-0.15, -0.1) is 11.3 Å². The first-order chi connectivity index (χ1) is 6.20. The fourth-order valence-electron chi connectivity index (χ4n) is 1.31. The summed E-state index contributed by atoms with van der Waals surface area (Å²) < 4.78 is 1.01. The molecule has 0 amide bonds. The van der Waals surface area contributed by atoms with Gasteiger partial charge >= 0.3 is 5.97 Å². The van der Waals surface area contributed by atoms with Gasteiger partial charge < -0.3 is 5.11 Å². The molecule has 0 saturated heterocycles. The largest absolute Gasteiger partial charge is 0.477 e. The molecule has 0 aliphatic heterocycles. The molecule has 2 nitrogen and oxygen atoms in total. The van der Waals surface area contributed by atoms with Crippen molar-refractivity contribution in [2.24, 2.45) is 0 Å². The Balaban J connectivity index is 2.81. The molecule has 1 heterocycles. The van der Waals surface area contributed by atoms with E-state index in [9.17, 15) is 4.79 Å². The molecule has 0 aliphatic carbocycles. The standard InChI is InChI=1S/C10H7O2S/c1-6-7-4-2-3-5-8(7)13-9(6)10(11)12/h3-5H,1H3,(H,11,12). The second-order valence-corrected chi connectivity index (χ2v) is 3.84. The van der Waals surface area contributed by atoms with E-state index in [1.807, 2.05) is 19.1 Å². The summed E-state index contributed by atoms with van der Waals surface area (Å²) in [5.41, 5.74) is 0.837. The Morgan fingerprint density at radius 2 is 2.38 bits per heavy atom. The van der Waals surface area contributed by atoms with Crippen LogP contribution in [0.5, 0.6) is 0 Å². The van der Waals surface area contributed by atoms with Gasteiger partial charge in [-0.1, -0.05) is 6.07 Å². The van der Waals surface area contributed by atoms with Gasteiger partial charge in [-0.2, -0.15) is 0 Å². The van der Waals surface area contributed by atoms with E-state index in [1.54, 1.807) is 6.07 Å². The maximum Gasteiger partial charge on any atom is 0.346 e. The van der Waals surface area contributed by atoms with E-state index in [2.05, 4.69) is 6.07 Å². The zero-order valence-corrected chi connectivity index (χ0v) is 7.81. The molecule has 1 N–H and O–H groups in total. The van der Waals surface area contributed by atoms with E-state index in [4.69, 9.17) is 5.11 Å². The third-order valence-electron chi connectivity index (χ3n) is 1.97. The summed E-state index contributed by atoms with van der Waals surface area (Å²) in [7, 11) is 0. The SMILES string of the molecule is Cc1c(C(=O)O)sc2cc[c]cc12. The number of benzene rings is 1. The molecular weight excluding hydrogens is 184 g/mol. The van der Waals surface area contributed by atoms with Gasteiger partial charge in [0.2, 0.25) is 0 Å². The smallest absolute Gasteiger partial charge is 0.346 e. The van der Waals surface area contributed by atoms with Crippen LogP contribution in [0.4, 0.5) is 0 Å². The zero-order valence-electron chi connectivity index (χ0n) is 7.00. The molecule has 0 saturated carbocycles. The minimum absolute atomic E-state index is 0.426. The molecule has 2 aromatic rings. The van der Waals surface area contributed by atoms with Crippen LogP contribution >= 0.6 is 11.3 Å².